The van der Waals surface area contributed by atoms with Crippen LogP contribution in [0, 0.1) is 6.92 Å². The highest BCUT2D eigenvalue weighted by Gasteiger charge is 2.25. The van der Waals surface area contributed by atoms with Crippen molar-refractivity contribution < 1.29 is 4.79 Å². The molecule has 1 fully saturated rings. The molecule has 1 saturated heterocycles. The lowest BCUT2D eigenvalue weighted by Crippen LogP contribution is -2.43. The third-order valence-electron chi connectivity index (χ3n) is 2.73. The molecule has 1 aliphatic heterocycles. The Labute approximate surface area is 100 Å². The molecule has 0 radical (unpaired) electrons. The zero-order valence-electron chi connectivity index (χ0n) is 9.56. The van der Waals surface area contributed by atoms with Crippen molar-refractivity contribution in [2.45, 2.75) is 13.0 Å². The number of hydrogen-bond acceptors (Lipinski definition) is 3. The van der Waals surface area contributed by atoms with Gasteiger partial charge in [-0.15, -0.1) is 11.8 Å². The molecule has 0 unspecified atom stereocenters. The maximum absolute atomic E-state index is 12.1. The van der Waals surface area contributed by atoms with Crippen LogP contribution in [0.3, 0.4) is 0 Å². The van der Waals surface area contributed by atoms with Gasteiger partial charge in [-0.3, -0.25) is 10.1 Å². The number of thioether (sulfide) groups is 1. The summed E-state index contributed by atoms with van der Waals surface area (Å²) < 4.78 is 0. The SMILES string of the molecule is Cc1cccc(N(C)C(=O)[C@@H]2CSCN2)c1. The highest BCUT2D eigenvalue weighted by atomic mass is 32.2. The van der Waals surface area contributed by atoms with Crippen molar-refractivity contribution in [2.75, 3.05) is 23.6 Å². The van der Waals surface area contributed by atoms with Gasteiger partial charge in [0.05, 0.1) is 6.04 Å². The monoisotopic (exact) mass is 236 g/mol. The number of nitrogens with one attached hydrogen (secondary N) is 1. The first-order chi connectivity index (χ1) is 7.68. The Hall–Kier alpha value is -1.00. The summed E-state index contributed by atoms with van der Waals surface area (Å²) in [6, 6.07) is 7.97. The Kier molecular flexibility index (Phi) is 3.51. The van der Waals surface area contributed by atoms with Gasteiger partial charge in [0, 0.05) is 24.4 Å². The van der Waals surface area contributed by atoms with Crippen LogP contribution in [0.1, 0.15) is 5.56 Å². The van der Waals surface area contributed by atoms with Crippen molar-refractivity contribution in [2.24, 2.45) is 0 Å². The van der Waals surface area contributed by atoms with Crippen molar-refractivity contribution in [3.8, 4) is 0 Å². The first-order valence-electron chi connectivity index (χ1n) is 5.34. The quantitative estimate of drug-likeness (QED) is 0.847. The van der Waals surface area contributed by atoms with E-state index >= 15 is 0 Å². The maximum atomic E-state index is 12.1. The number of rotatable bonds is 2. The van der Waals surface area contributed by atoms with Gasteiger partial charge in [-0.1, -0.05) is 12.1 Å². The fraction of sp³-hybridized carbons (Fsp3) is 0.417. The summed E-state index contributed by atoms with van der Waals surface area (Å²) >= 11 is 1.77. The number of likely N-dealkylation sites (N-methyl/N-ethyl adjacent to an activating group) is 1. The third kappa shape index (κ3) is 2.39. The molecule has 1 heterocycles. The van der Waals surface area contributed by atoms with Gasteiger partial charge >= 0.3 is 0 Å². The normalized spacial score (nSPS) is 19.8. The Morgan fingerprint density at radius 2 is 2.38 bits per heavy atom. The van der Waals surface area contributed by atoms with E-state index in [9.17, 15) is 4.79 Å². The third-order valence-corrected chi connectivity index (χ3v) is 3.67. The van der Waals surface area contributed by atoms with E-state index in [1.54, 1.807) is 16.7 Å². The zero-order valence-corrected chi connectivity index (χ0v) is 10.4. The Balaban J connectivity index is 2.11. The molecule has 86 valence electrons. The molecule has 0 bridgehead atoms. The Bertz CT molecular complexity index is 388. The van der Waals surface area contributed by atoms with Gasteiger partial charge in [0.15, 0.2) is 0 Å². The van der Waals surface area contributed by atoms with Gasteiger partial charge in [-0.2, -0.15) is 0 Å². The second kappa shape index (κ2) is 4.89. The number of aryl methyl sites for hydroxylation is 1. The highest BCUT2D eigenvalue weighted by molar-refractivity contribution is 7.99. The summed E-state index contributed by atoms with van der Waals surface area (Å²) in [6.07, 6.45) is 0. The molecule has 16 heavy (non-hydrogen) atoms. The van der Waals surface area contributed by atoms with Gasteiger partial charge in [0.25, 0.3) is 0 Å². The van der Waals surface area contributed by atoms with Gasteiger partial charge in [-0.25, -0.2) is 0 Å². The molecule has 3 nitrogen and oxygen atoms in total. The topological polar surface area (TPSA) is 32.3 Å². The molecule has 1 aromatic rings. The predicted octanol–water partition coefficient (Wildman–Crippen LogP) is 1.62. The van der Waals surface area contributed by atoms with Crippen LogP contribution in [0.5, 0.6) is 0 Å². The lowest BCUT2D eigenvalue weighted by molar-refractivity contribution is -0.119. The Morgan fingerprint density at radius 1 is 1.56 bits per heavy atom. The van der Waals surface area contributed by atoms with Crippen molar-refractivity contribution in [1.82, 2.24) is 5.32 Å². The lowest BCUT2D eigenvalue weighted by atomic mass is 10.2. The van der Waals surface area contributed by atoms with Crippen LogP contribution in [-0.4, -0.2) is 30.6 Å². The van der Waals surface area contributed by atoms with Crippen molar-refractivity contribution >= 4 is 23.4 Å². The van der Waals surface area contributed by atoms with Crippen LogP contribution in [0.2, 0.25) is 0 Å². The van der Waals surface area contributed by atoms with E-state index in [4.69, 9.17) is 0 Å². The number of benzene rings is 1. The average molecular weight is 236 g/mol. The summed E-state index contributed by atoms with van der Waals surface area (Å²) in [5.41, 5.74) is 2.13. The fourth-order valence-corrected chi connectivity index (χ4v) is 2.68. The largest absolute Gasteiger partial charge is 0.314 e. The molecule has 0 aliphatic carbocycles. The van der Waals surface area contributed by atoms with Gasteiger partial charge in [0.2, 0.25) is 5.91 Å². The summed E-state index contributed by atoms with van der Waals surface area (Å²) in [4.78, 5) is 13.8. The van der Waals surface area contributed by atoms with Crippen molar-refractivity contribution in [3.63, 3.8) is 0 Å². The van der Waals surface area contributed by atoms with E-state index in [1.807, 2.05) is 38.2 Å². The molecule has 2 rings (SSSR count). The first kappa shape index (κ1) is 11.5. The summed E-state index contributed by atoms with van der Waals surface area (Å²) in [5, 5.41) is 3.19. The lowest BCUT2D eigenvalue weighted by Gasteiger charge is -2.21. The van der Waals surface area contributed by atoms with E-state index in [-0.39, 0.29) is 11.9 Å². The minimum atomic E-state index is -0.0319. The number of anilines is 1. The van der Waals surface area contributed by atoms with E-state index in [1.165, 1.54) is 5.56 Å². The minimum absolute atomic E-state index is 0.0319. The van der Waals surface area contributed by atoms with E-state index < -0.39 is 0 Å². The van der Waals surface area contributed by atoms with Crippen LogP contribution < -0.4 is 10.2 Å². The molecular formula is C12H16N2OS. The summed E-state index contributed by atoms with van der Waals surface area (Å²) in [5.74, 6) is 1.89. The predicted molar refractivity (Wildman–Crippen MR) is 68.8 cm³/mol. The molecule has 4 heteroatoms. The average Bonchev–Trinajstić information content (AvgIpc) is 2.80. The van der Waals surface area contributed by atoms with Crippen LogP contribution >= 0.6 is 11.8 Å². The van der Waals surface area contributed by atoms with E-state index in [0.29, 0.717) is 0 Å². The molecule has 1 atom stereocenters. The molecular weight excluding hydrogens is 220 g/mol. The van der Waals surface area contributed by atoms with Crippen LogP contribution in [-0.2, 0) is 4.79 Å². The second-order valence-corrected chi connectivity index (χ2v) is 5.04. The summed E-state index contributed by atoms with van der Waals surface area (Å²) in [6.45, 7) is 2.03. The molecule has 0 spiro atoms. The second-order valence-electron chi connectivity index (χ2n) is 4.01. The fourth-order valence-electron chi connectivity index (χ4n) is 1.75. The number of amides is 1. The number of carbonyl (C=O) groups is 1. The van der Waals surface area contributed by atoms with Crippen LogP contribution in [0.15, 0.2) is 24.3 Å². The Morgan fingerprint density at radius 3 is 3.00 bits per heavy atom. The van der Waals surface area contributed by atoms with Crippen molar-refractivity contribution in [1.29, 1.82) is 0 Å². The van der Waals surface area contributed by atoms with Gasteiger partial charge in [-0.05, 0) is 24.6 Å². The number of carbonyl (C=O) groups excluding carboxylic acids is 1. The van der Waals surface area contributed by atoms with E-state index in [0.717, 1.165) is 17.3 Å². The number of hydrogen-bond donors (Lipinski definition) is 1. The standard InChI is InChI=1S/C12H16N2OS/c1-9-4-3-5-10(6-9)14(2)12(15)11-7-16-8-13-11/h3-6,11,13H,7-8H2,1-2H3/t11-/m0/s1. The minimum Gasteiger partial charge on any atom is -0.314 e. The van der Waals surface area contributed by atoms with E-state index in [2.05, 4.69) is 5.32 Å². The molecule has 1 aromatic carbocycles. The van der Waals surface area contributed by atoms with Crippen molar-refractivity contribution in [3.05, 3.63) is 29.8 Å². The molecule has 0 saturated carbocycles. The molecule has 1 N–H and O–H groups in total. The number of nitrogens with zero attached hydrogens (tertiary/aromatic N) is 1. The zero-order chi connectivity index (χ0) is 11.5. The van der Waals surface area contributed by atoms with Gasteiger partial charge in [0.1, 0.15) is 0 Å². The van der Waals surface area contributed by atoms with Gasteiger partial charge < -0.3 is 4.90 Å². The summed E-state index contributed by atoms with van der Waals surface area (Å²) in [7, 11) is 1.84. The highest BCUT2D eigenvalue weighted by Crippen LogP contribution is 2.18. The van der Waals surface area contributed by atoms with Crippen LogP contribution in [0.25, 0.3) is 0 Å². The molecule has 0 aromatic heterocycles. The molecule has 1 aliphatic rings. The maximum Gasteiger partial charge on any atom is 0.244 e. The smallest absolute Gasteiger partial charge is 0.244 e. The first-order valence-corrected chi connectivity index (χ1v) is 6.49. The molecule has 1 amide bonds. The van der Waals surface area contributed by atoms with Crippen LogP contribution in [0.4, 0.5) is 5.69 Å².